The molecule has 0 aromatic heterocycles. The molecule has 0 saturated carbocycles. The van der Waals surface area contributed by atoms with Crippen molar-refractivity contribution in [2.75, 3.05) is 27.3 Å². The number of hydrogen-bond donors (Lipinski definition) is 1. The Morgan fingerprint density at radius 1 is 1.13 bits per heavy atom. The van der Waals surface area contributed by atoms with Gasteiger partial charge in [-0.05, 0) is 37.1 Å². The standard InChI is InChI=1S/C22H29ClN2O5S/c1-5-7-12-30-21-18(23)13-17(14-19(21)29-6-2)22(26)24-15-16-10-8-9-11-20(16)31(27,28)25(3)4/h8-11,13-14H,5-7,12,15H2,1-4H3,(H,24,26). The first-order chi connectivity index (χ1) is 14.7. The summed E-state index contributed by atoms with van der Waals surface area (Å²) in [6.45, 7) is 4.82. The summed E-state index contributed by atoms with van der Waals surface area (Å²) in [7, 11) is -0.704. The molecule has 0 aliphatic heterocycles. The van der Waals surface area contributed by atoms with Gasteiger partial charge in [-0.1, -0.05) is 43.1 Å². The smallest absolute Gasteiger partial charge is 0.251 e. The van der Waals surface area contributed by atoms with Crippen molar-refractivity contribution in [3.05, 3.63) is 52.5 Å². The zero-order valence-electron chi connectivity index (χ0n) is 18.3. The van der Waals surface area contributed by atoms with Crippen molar-refractivity contribution in [1.82, 2.24) is 9.62 Å². The van der Waals surface area contributed by atoms with Gasteiger partial charge in [0.25, 0.3) is 5.91 Å². The number of unbranched alkanes of at least 4 members (excludes halogenated alkanes) is 1. The van der Waals surface area contributed by atoms with Crippen LogP contribution in [-0.4, -0.2) is 45.9 Å². The Labute approximate surface area is 189 Å². The molecular formula is C22H29ClN2O5S. The third-order valence-electron chi connectivity index (χ3n) is 4.49. The molecule has 0 spiro atoms. The molecule has 0 atom stereocenters. The third-order valence-corrected chi connectivity index (χ3v) is 6.68. The van der Waals surface area contributed by atoms with Crippen molar-refractivity contribution < 1.29 is 22.7 Å². The van der Waals surface area contributed by atoms with E-state index < -0.39 is 15.9 Å². The van der Waals surface area contributed by atoms with Crippen LogP contribution >= 0.6 is 11.6 Å². The van der Waals surface area contributed by atoms with Crippen LogP contribution in [0.2, 0.25) is 5.02 Å². The Kier molecular flexibility index (Phi) is 9.15. The van der Waals surface area contributed by atoms with Crippen LogP contribution in [0, 0.1) is 0 Å². The molecule has 170 valence electrons. The number of amides is 1. The van der Waals surface area contributed by atoms with Gasteiger partial charge in [0.15, 0.2) is 11.5 Å². The lowest BCUT2D eigenvalue weighted by molar-refractivity contribution is 0.0950. The molecule has 0 radical (unpaired) electrons. The lowest BCUT2D eigenvalue weighted by Gasteiger charge is -2.16. The lowest BCUT2D eigenvalue weighted by atomic mass is 10.1. The number of nitrogens with zero attached hydrogens (tertiary/aromatic N) is 1. The van der Waals surface area contributed by atoms with Crippen LogP contribution in [-0.2, 0) is 16.6 Å². The second-order valence-corrected chi connectivity index (χ2v) is 9.53. The largest absolute Gasteiger partial charge is 0.490 e. The first-order valence-corrected chi connectivity index (χ1v) is 11.9. The Bertz CT molecular complexity index is 1010. The van der Waals surface area contributed by atoms with Crippen molar-refractivity contribution in [2.24, 2.45) is 0 Å². The van der Waals surface area contributed by atoms with E-state index in [0.717, 1.165) is 17.1 Å². The number of carbonyl (C=O) groups is 1. The Hall–Kier alpha value is -2.29. The van der Waals surface area contributed by atoms with Crippen LogP contribution in [0.15, 0.2) is 41.3 Å². The van der Waals surface area contributed by atoms with Crippen molar-refractivity contribution in [2.45, 2.75) is 38.1 Å². The van der Waals surface area contributed by atoms with Gasteiger partial charge in [0, 0.05) is 26.2 Å². The predicted octanol–water partition coefficient (Wildman–Crippen LogP) is 4.10. The summed E-state index contributed by atoms with van der Waals surface area (Å²) >= 11 is 6.36. The van der Waals surface area contributed by atoms with Crippen molar-refractivity contribution in [3.63, 3.8) is 0 Å². The molecule has 7 nitrogen and oxygen atoms in total. The molecule has 1 N–H and O–H groups in total. The number of sulfonamides is 1. The molecule has 0 fully saturated rings. The van der Waals surface area contributed by atoms with Crippen molar-refractivity contribution in [1.29, 1.82) is 0 Å². The summed E-state index contributed by atoms with van der Waals surface area (Å²) in [5.41, 5.74) is 0.782. The first-order valence-electron chi connectivity index (χ1n) is 10.1. The summed E-state index contributed by atoms with van der Waals surface area (Å²) in [4.78, 5) is 12.9. The molecule has 2 rings (SSSR count). The van der Waals surface area contributed by atoms with E-state index in [2.05, 4.69) is 12.2 Å². The van der Waals surface area contributed by atoms with Crippen LogP contribution in [0.25, 0.3) is 0 Å². The maximum Gasteiger partial charge on any atom is 0.251 e. The van der Waals surface area contributed by atoms with Gasteiger partial charge in [0.2, 0.25) is 10.0 Å². The highest BCUT2D eigenvalue weighted by atomic mass is 35.5. The monoisotopic (exact) mass is 468 g/mol. The Morgan fingerprint density at radius 3 is 2.48 bits per heavy atom. The van der Waals surface area contributed by atoms with Crippen LogP contribution < -0.4 is 14.8 Å². The van der Waals surface area contributed by atoms with Crippen molar-refractivity contribution in [3.8, 4) is 11.5 Å². The molecule has 0 heterocycles. The minimum absolute atomic E-state index is 0.0401. The van der Waals surface area contributed by atoms with E-state index in [1.54, 1.807) is 24.3 Å². The zero-order valence-corrected chi connectivity index (χ0v) is 19.8. The van der Waals surface area contributed by atoms with Gasteiger partial charge in [0.05, 0.1) is 23.1 Å². The average Bonchev–Trinajstić information content (AvgIpc) is 2.74. The first kappa shape index (κ1) is 25.0. The second kappa shape index (κ2) is 11.4. The highest BCUT2D eigenvalue weighted by Gasteiger charge is 2.21. The molecule has 0 unspecified atom stereocenters. The molecule has 1 amide bonds. The third kappa shape index (κ3) is 6.35. The molecular weight excluding hydrogens is 440 g/mol. The minimum atomic E-state index is -3.63. The average molecular weight is 469 g/mol. The number of carbonyl (C=O) groups excluding carboxylic acids is 1. The summed E-state index contributed by atoms with van der Waals surface area (Å²) < 4.78 is 37.6. The van der Waals surface area contributed by atoms with Crippen LogP contribution in [0.3, 0.4) is 0 Å². The van der Waals surface area contributed by atoms with Crippen LogP contribution in [0.1, 0.15) is 42.6 Å². The highest BCUT2D eigenvalue weighted by Crippen LogP contribution is 2.37. The molecule has 0 bridgehead atoms. The zero-order chi connectivity index (χ0) is 23.0. The van der Waals surface area contributed by atoms with Gasteiger partial charge in [-0.15, -0.1) is 0 Å². The predicted molar refractivity (Wildman–Crippen MR) is 122 cm³/mol. The Balaban J connectivity index is 2.24. The fourth-order valence-electron chi connectivity index (χ4n) is 2.80. The van der Waals surface area contributed by atoms with Crippen LogP contribution in [0.4, 0.5) is 0 Å². The van der Waals surface area contributed by atoms with Gasteiger partial charge in [-0.25, -0.2) is 12.7 Å². The van der Waals surface area contributed by atoms with E-state index in [4.69, 9.17) is 21.1 Å². The fourth-order valence-corrected chi connectivity index (χ4v) is 4.18. The van der Waals surface area contributed by atoms with E-state index in [0.29, 0.717) is 35.8 Å². The number of hydrogen-bond acceptors (Lipinski definition) is 5. The SMILES string of the molecule is CCCCOc1c(Cl)cc(C(=O)NCc2ccccc2S(=O)(=O)N(C)C)cc1OCC. The van der Waals surface area contributed by atoms with Gasteiger partial charge in [-0.3, -0.25) is 4.79 Å². The van der Waals surface area contributed by atoms with E-state index >= 15 is 0 Å². The number of halogens is 1. The van der Waals surface area contributed by atoms with E-state index in [1.165, 1.54) is 26.2 Å². The van der Waals surface area contributed by atoms with Gasteiger partial charge >= 0.3 is 0 Å². The van der Waals surface area contributed by atoms with Crippen LogP contribution in [0.5, 0.6) is 11.5 Å². The topological polar surface area (TPSA) is 84.9 Å². The summed E-state index contributed by atoms with van der Waals surface area (Å²) in [5.74, 6) is 0.405. The number of benzene rings is 2. The summed E-state index contributed by atoms with van der Waals surface area (Å²) in [6.07, 6.45) is 1.85. The number of rotatable bonds is 11. The minimum Gasteiger partial charge on any atom is -0.490 e. The second-order valence-electron chi connectivity index (χ2n) is 7.00. The normalized spacial score (nSPS) is 11.4. The maximum atomic E-state index is 12.8. The summed E-state index contributed by atoms with van der Waals surface area (Å²) in [5, 5.41) is 3.04. The molecule has 0 aliphatic carbocycles. The fraction of sp³-hybridized carbons (Fsp3) is 0.409. The molecule has 0 aliphatic rings. The molecule has 2 aromatic carbocycles. The molecule has 31 heavy (non-hydrogen) atoms. The van der Waals surface area contributed by atoms with E-state index in [-0.39, 0.29) is 16.5 Å². The number of nitrogens with one attached hydrogen (secondary N) is 1. The summed E-state index contributed by atoms with van der Waals surface area (Å²) in [6, 6.07) is 9.65. The molecule has 9 heteroatoms. The molecule has 2 aromatic rings. The molecule has 0 saturated heterocycles. The van der Waals surface area contributed by atoms with Gasteiger partial charge < -0.3 is 14.8 Å². The quantitative estimate of drug-likeness (QED) is 0.502. The maximum absolute atomic E-state index is 12.8. The Morgan fingerprint density at radius 2 is 1.84 bits per heavy atom. The lowest BCUT2D eigenvalue weighted by Crippen LogP contribution is -2.27. The van der Waals surface area contributed by atoms with Gasteiger partial charge in [-0.2, -0.15) is 0 Å². The van der Waals surface area contributed by atoms with Gasteiger partial charge in [0.1, 0.15) is 0 Å². The highest BCUT2D eigenvalue weighted by molar-refractivity contribution is 7.89. The van der Waals surface area contributed by atoms with E-state index in [9.17, 15) is 13.2 Å². The van der Waals surface area contributed by atoms with Crippen molar-refractivity contribution >= 4 is 27.5 Å². The number of ether oxygens (including phenoxy) is 2. The van der Waals surface area contributed by atoms with E-state index in [1.807, 2.05) is 6.92 Å².